The van der Waals surface area contributed by atoms with Gasteiger partial charge >= 0.3 is 0 Å². The first kappa shape index (κ1) is 21.8. The van der Waals surface area contributed by atoms with E-state index in [0.29, 0.717) is 12.3 Å². The van der Waals surface area contributed by atoms with Crippen LogP contribution in [0.4, 0.5) is 5.69 Å². The van der Waals surface area contributed by atoms with Crippen LogP contribution in [0.2, 0.25) is 0 Å². The summed E-state index contributed by atoms with van der Waals surface area (Å²) < 4.78 is 31.5. The summed E-state index contributed by atoms with van der Waals surface area (Å²) in [7, 11) is -3.63. The van der Waals surface area contributed by atoms with Gasteiger partial charge in [-0.2, -0.15) is 0 Å². The summed E-state index contributed by atoms with van der Waals surface area (Å²) in [6.45, 7) is 7.92. The number of ether oxygens (including phenoxy) is 1. The Morgan fingerprint density at radius 3 is 2.29 bits per heavy atom. The summed E-state index contributed by atoms with van der Waals surface area (Å²) >= 11 is 0. The molecule has 0 aliphatic carbocycles. The lowest BCUT2D eigenvalue weighted by Crippen LogP contribution is -2.48. The van der Waals surface area contributed by atoms with E-state index < -0.39 is 16.1 Å². The average molecular weight is 405 g/mol. The van der Waals surface area contributed by atoms with Crippen LogP contribution >= 0.6 is 0 Å². The van der Waals surface area contributed by atoms with Crippen LogP contribution in [0.25, 0.3) is 0 Å². The van der Waals surface area contributed by atoms with Crippen molar-refractivity contribution in [1.82, 2.24) is 5.32 Å². The maximum absolute atomic E-state index is 12.6. The molecule has 0 radical (unpaired) electrons. The SMILES string of the molecule is Cc1cccc(OCCNC(=O)[C@@H](C)N(c2cc(C)cc(C)c2)S(C)(=O)=O)c1. The van der Waals surface area contributed by atoms with Gasteiger partial charge in [0.15, 0.2) is 0 Å². The van der Waals surface area contributed by atoms with Crippen molar-refractivity contribution in [2.24, 2.45) is 0 Å². The molecule has 0 saturated carbocycles. The number of rotatable bonds is 8. The zero-order valence-corrected chi connectivity index (χ0v) is 17.8. The number of anilines is 1. The van der Waals surface area contributed by atoms with Crippen molar-refractivity contribution in [3.63, 3.8) is 0 Å². The zero-order valence-electron chi connectivity index (χ0n) is 17.0. The van der Waals surface area contributed by atoms with Gasteiger partial charge in [0.25, 0.3) is 0 Å². The van der Waals surface area contributed by atoms with Crippen molar-refractivity contribution in [3.05, 3.63) is 59.2 Å². The number of sulfonamides is 1. The van der Waals surface area contributed by atoms with Gasteiger partial charge in [-0.25, -0.2) is 8.42 Å². The van der Waals surface area contributed by atoms with Crippen LogP contribution < -0.4 is 14.4 Å². The second-order valence-corrected chi connectivity index (χ2v) is 8.90. The van der Waals surface area contributed by atoms with E-state index in [1.165, 1.54) is 0 Å². The van der Waals surface area contributed by atoms with E-state index in [1.807, 2.05) is 51.1 Å². The summed E-state index contributed by atoms with van der Waals surface area (Å²) in [6.07, 6.45) is 1.11. The number of hydrogen-bond acceptors (Lipinski definition) is 4. The number of benzene rings is 2. The molecule has 0 aliphatic heterocycles. The monoisotopic (exact) mass is 404 g/mol. The van der Waals surface area contributed by atoms with Crippen LogP contribution in [0.15, 0.2) is 42.5 Å². The van der Waals surface area contributed by atoms with E-state index in [9.17, 15) is 13.2 Å². The molecule has 0 fully saturated rings. The number of amides is 1. The first-order chi connectivity index (χ1) is 13.1. The minimum atomic E-state index is -3.63. The highest BCUT2D eigenvalue weighted by atomic mass is 32.2. The van der Waals surface area contributed by atoms with Crippen molar-refractivity contribution >= 4 is 21.6 Å². The van der Waals surface area contributed by atoms with Gasteiger partial charge in [0.05, 0.1) is 18.5 Å². The molecule has 1 amide bonds. The molecule has 2 rings (SSSR count). The number of nitrogens with zero attached hydrogens (tertiary/aromatic N) is 1. The summed E-state index contributed by atoms with van der Waals surface area (Å²) in [5.74, 6) is 0.354. The van der Waals surface area contributed by atoms with E-state index in [-0.39, 0.29) is 12.5 Å². The molecule has 0 aliphatic rings. The number of hydrogen-bond donors (Lipinski definition) is 1. The first-order valence-corrected chi connectivity index (χ1v) is 11.0. The van der Waals surface area contributed by atoms with Gasteiger partial charge in [-0.15, -0.1) is 0 Å². The van der Waals surface area contributed by atoms with Crippen molar-refractivity contribution in [2.75, 3.05) is 23.7 Å². The molecule has 0 unspecified atom stereocenters. The third-order valence-corrected chi connectivity index (χ3v) is 5.45. The Balaban J connectivity index is 2.03. The fraction of sp³-hybridized carbons (Fsp3) is 0.381. The predicted molar refractivity (Wildman–Crippen MR) is 112 cm³/mol. The smallest absolute Gasteiger partial charge is 0.243 e. The largest absolute Gasteiger partial charge is 0.492 e. The van der Waals surface area contributed by atoms with Gasteiger partial charge < -0.3 is 10.1 Å². The molecular formula is C21H28N2O4S. The molecule has 1 atom stereocenters. The van der Waals surface area contributed by atoms with E-state index in [4.69, 9.17) is 4.74 Å². The minimum Gasteiger partial charge on any atom is -0.492 e. The fourth-order valence-corrected chi connectivity index (χ4v) is 4.24. The van der Waals surface area contributed by atoms with Gasteiger partial charge in [-0.3, -0.25) is 9.10 Å². The van der Waals surface area contributed by atoms with Crippen LogP contribution in [-0.2, 0) is 14.8 Å². The maximum Gasteiger partial charge on any atom is 0.243 e. The zero-order chi connectivity index (χ0) is 20.9. The topological polar surface area (TPSA) is 75.7 Å². The highest BCUT2D eigenvalue weighted by Crippen LogP contribution is 2.23. The summed E-state index contributed by atoms with van der Waals surface area (Å²) in [5, 5.41) is 2.75. The van der Waals surface area contributed by atoms with Crippen LogP contribution in [-0.4, -0.2) is 39.8 Å². The number of carbonyl (C=O) groups excluding carboxylic acids is 1. The lowest BCUT2D eigenvalue weighted by Gasteiger charge is -2.28. The van der Waals surface area contributed by atoms with Gasteiger partial charge in [-0.05, 0) is 68.7 Å². The molecule has 0 spiro atoms. The quantitative estimate of drug-likeness (QED) is 0.687. The minimum absolute atomic E-state index is 0.279. The van der Waals surface area contributed by atoms with Gasteiger partial charge in [0.2, 0.25) is 15.9 Å². The van der Waals surface area contributed by atoms with Crippen LogP contribution in [0.3, 0.4) is 0 Å². The maximum atomic E-state index is 12.6. The van der Waals surface area contributed by atoms with Gasteiger partial charge in [-0.1, -0.05) is 18.2 Å². The van der Waals surface area contributed by atoms with Crippen molar-refractivity contribution in [1.29, 1.82) is 0 Å². The van der Waals surface area contributed by atoms with Crippen molar-refractivity contribution in [3.8, 4) is 5.75 Å². The predicted octanol–water partition coefficient (Wildman–Crippen LogP) is 2.96. The third kappa shape index (κ3) is 5.99. The van der Waals surface area contributed by atoms with Gasteiger partial charge in [0, 0.05) is 0 Å². The molecule has 1 N–H and O–H groups in total. The molecule has 7 heteroatoms. The Kier molecular flexibility index (Phi) is 7.07. The van der Waals surface area contributed by atoms with Crippen molar-refractivity contribution in [2.45, 2.75) is 33.7 Å². The van der Waals surface area contributed by atoms with E-state index in [0.717, 1.165) is 33.0 Å². The molecule has 152 valence electrons. The standard InChI is InChI=1S/C21H28N2O4S/c1-15-7-6-8-20(14-15)27-10-9-22-21(24)18(4)23(28(5,25)26)19-12-16(2)11-17(3)13-19/h6-8,11-14,18H,9-10H2,1-5H3,(H,22,24)/t18-/m1/s1. The molecule has 0 bridgehead atoms. The Morgan fingerprint density at radius 1 is 1.07 bits per heavy atom. The molecule has 6 nitrogen and oxygen atoms in total. The lowest BCUT2D eigenvalue weighted by atomic mass is 10.1. The van der Waals surface area contributed by atoms with Crippen LogP contribution in [0, 0.1) is 20.8 Å². The normalized spacial score (nSPS) is 12.3. The third-order valence-electron chi connectivity index (χ3n) is 4.21. The number of aryl methyl sites for hydroxylation is 3. The average Bonchev–Trinajstić information content (AvgIpc) is 2.56. The fourth-order valence-electron chi connectivity index (χ4n) is 3.08. The molecule has 2 aromatic carbocycles. The van der Waals surface area contributed by atoms with E-state index >= 15 is 0 Å². The second-order valence-electron chi connectivity index (χ2n) is 7.04. The number of carbonyl (C=O) groups is 1. The lowest BCUT2D eigenvalue weighted by molar-refractivity contribution is -0.121. The number of nitrogens with one attached hydrogen (secondary N) is 1. The molecular weight excluding hydrogens is 376 g/mol. The summed E-state index contributed by atoms with van der Waals surface area (Å²) in [6, 6.07) is 12.2. The molecule has 0 heterocycles. The van der Waals surface area contributed by atoms with E-state index in [2.05, 4.69) is 5.32 Å². The summed E-state index contributed by atoms with van der Waals surface area (Å²) in [5.41, 5.74) is 3.44. The molecule has 28 heavy (non-hydrogen) atoms. The Morgan fingerprint density at radius 2 is 1.71 bits per heavy atom. The summed E-state index contributed by atoms with van der Waals surface area (Å²) in [4.78, 5) is 12.6. The highest BCUT2D eigenvalue weighted by molar-refractivity contribution is 7.92. The van der Waals surface area contributed by atoms with Crippen LogP contribution in [0.5, 0.6) is 5.75 Å². The molecule has 0 saturated heterocycles. The second kappa shape index (κ2) is 9.10. The highest BCUT2D eigenvalue weighted by Gasteiger charge is 2.29. The van der Waals surface area contributed by atoms with Crippen molar-refractivity contribution < 1.29 is 17.9 Å². The van der Waals surface area contributed by atoms with Gasteiger partial charge in [0.1, 0.15) is 18.4 Å². The molecule has 0 aromatic heterocycles. The Bertz CT molecular complexity index is 921. The first-order valence-electron chi connectivity index (χ1n) is 9.13. The molecule has 2 aromatic rings. The van der Waals surface area contributed by atoms with Crippen LogP contribution in [0.1, 0.15) is 23.6 Å². The Labute approximate surface area is 167 Å². The van der Waals surface area contributed by atoms with E-state index in [1.54, 1.807) is 19.1 Å². The Hall–Kier alpha value is -2.54.